The highest BCUT2D eigenvalue weighted by Crippen LogP contribution is 2.41. The van der Waals surface area contributed by atoms with E-state index in [-0.39, 0.29) is 24.4 Å². The van der Waals surface area contributed by atoms with Crippen LogP contribution in [-0.4, -0.2) is 39.1 Å². The summed E-state index contributed by atoms with van der Waals surface area (Å²) < 4.78 is 7.71. The van der Waals surface area contributed by atoms with E-state index in [2.05, 4.69) is 58.8 Å². The molecule has 184 valence electrons. The summed E-state index contributed by atoms with van der Waals surface area (Å²) in [6, 6.07) is 15.7. The first-order chi connectivity index (χ1) is 16.8. The number of pyridine rings is 1. The van der Waals surface area contributed by atoms with Gasteiger partial charge in [0.25, 0.3) is 0 Å². The van der Waals surface area contributed by atoms with Crippen molar-refractivity contribution >= 4 is 28.9 Å². The predicted octanol–water partition coefficient (Wildman–Crippen LogP) is 5.09. The molecule has 7 nitrogen and oxygen atoms in total. The highest BCUT2D eigenvalue weighted by Gasteiger charge is 2.41. The van der Waals surface area contributed by atoms with E-state index in [0.717, 1.165) is 5.69 Å². The second kappa shape index (κ2) is 10.5. The lowest BCUT2D eigenvalue weighted by Crippen LogP contribution is -2.33. The van der Waals surface area contributed by atoms with E-state index in [9.17, 15) is 4.79 Å². The summed E-state index contributed by atoms with van der Waals surface area (Å²) in [5.41, 5.74) is 5.20. The molecular formula is C27H33N5O2S. The van der Waals surface area contributed by atoms with Gasteiger partial charge in [0.15, 0.2) is 5.11 Å². The minimum Gasteiger partial charge on any atom is -0.495 e. The van der Waals surface area contributed by atoms with Gasteiger partial charge in [-0.05, 0) is 75.8 Å². The van der Waals surface area contributed by atoms with Crippen LogP contribution in [0, 0.1) is 13.8 Å². The largest absolute Gasteiger partial charge is 0.495 e. The Bertz CT molecular complexity index is 1210. The number of anilines is 1. The summed E-state index contributed by atoms with van der Waals surface area (Å²) in [4.78, 5) is 19.6. The number of para-hydroxylation sites is 2. The van der Waals surface area contributed by atoms with Gasteiger partial charge in [-0.2, -0.15) is 0 Å². The summed E-state index contributed by atoms with van der Waals surface area (Å²) in [6.45, 7) is 9.16. The Balaban J connectivity index is 1.61. The van der Waals surface area contributed by atoms with Crippen molar-refractivity contribution in [3.05, 3.63) is 77.4 Å². The smallest absolute Gasteiger partial charge is 0.226 e. The molecule has 1 fully saturated rings. The van der Waals surface area contributed by atoms with Gasteiger partial charge in [0.2, 0.25) is 5.91 Å². The Morgan fingerprint density at radius 2 is 1.94 bits per heavy atom. The van der Waals surface area contributed by atoms with Crippen LogP contribution < -0.4 is 15.4 Å². The Hall–Kier alpha value is -3.39. The molecule has 0 radical (unpaired) electrons. The first-order valence-corrected chi connectivity index (χ1v) is 12.3. The molecule has 1 amide bonds. The molecule has 3 aromatic rings. The number of aromatic nitrogens is 2. The fourth-order valence-corrected chi connectivity index (χ4v) is 5.40. The van der Waals surface area contributed by atoms with Crippen LogP contribution in [0.4, 0.5) is 5.69 Å². The van der Waals surface area contributed by atoms with Crippen LogP contribution in [0.3, 0.4) is 0 Å². The van der Waals surface area contributed by atoms with E-state index in [1.165, 1.54) is 17.0 Å². The van der Waals surface area contributed by atoms with Gasteiger partial charge in [-0.15, -0.1) is 0 Å². The summed E-state index contributed by atoms with van der Waals surface area (Å²) in [6.07, 6.45) is 2.09. The molecule has 4 rings (SSSR count). The number of carbonyl (C=O) groups is 1. The molecule has 2 N–H and O–H groups in total. The second-order valence-electron chi connectivity index (χ2n) is 9.11. The Labute approximate surface area is 212 Å². The number of ether oxygens (including phenoxy) is 1. The number of thiocarbonyl (C=S) groups is 1. The average Bonchev–Trinajstić information content (AvgIpc) is 3.33. The maximum atomic E-state index is 12.9. The monoisotopic (exact) mass is 491 g/mol. The lowest BCUT2D eigenvalue weighted by atomic mass is 9.96. The summed E-state index contributed by atoms with van der Waals surface area (Å²) in [5, 5.41) is 7.08. The molecule has 0 unspecified atom stereocenters. The molecule has 1 aliphatic rings. The van der Waals surface area contributed by atoms with Crippen molar-refractivity contribution in [2.24, 2.45) is 0 Å². The molecule has 0 aliphatic carbocycles. The van der Waals surface area contributed by atoms with Crippen molar-refractivity contribution in [3.63, 3.8) is 0 Å². The molecule has 1 saturated heterocycles. The van der Waals surface area contributed by atoms with Gasteiger partial charge in [-0.3, -0.25) is 9.78 Å². The van der Waals surface area contributed by atoms with E-state index >= 15 is 0 Å². The van der Waals surface area contributed by atoms with Gasteiger partial charge in [-0.1, -0.05) is 18.2 Å². The van der Waals surface area contributed by atoms with Crippen LogP contribution in [0.5, 0.6) is 5.75 Å². The number of nitrogens with one attached hydrogen (secondary N) is 2. The summed E-state index contributed by atoms with van der Waals surface area (Å²) in [5.74, 6) is 0.540. The van der Waals surface area contributed by atoms with Crippen molar-refractivity contribution in [2.75, 3.05) is 19.0 Å². The van der Waals surface area contributed by atoms with Crippen LogP contribution in [-0.2, 0) is 4.79 Å². The van der Waals surface area contributed by atoms with E-state index in [1.54, 1.807) is 13.3 Å². The Morgan fingerprint density at radius 3 is 2.60 bits per heavy atom. The molecule has 2 aromatic heterocycles. The van der Waals surface area contributed by atoms with Crippen molar-refractivity contribution < 1.29 is 9.53 Å². The standard InChI is InChI=1S/C27H33N5O2S/c1-17(2)32-18(3)16-20(19(32)4)26-25(22-11-8-9-14-28-22)30-27(35)31(26)15-13-24(33)29-21-10-6-7-12-23(21)34-5/h6-12,14,16-17,25-26H,13,15H2,1-5H3,(H,29,33)(H,30,35)/t25-,26+/m0/s1. The van der Waals surface area contributed by atoms with Gasteiger partial charge < -0.3 is 24.8 Å². The predicted molar refractivity (Wildman–Crippen MR) is 143 cm³/mol. The number of amides is 1. The van der Waals surface area contributed by atoms with Crippen LogP contribution in [0.1, 0.15) is 61.0 Å². The Morgan fingerprint density at radius 1 is 1.20 bits per heavy atom. The molecule has 2 atom stereocenters. The maximum absolute atomic E-state index is 12.9. The fraction of sp³-hybridized carbons (Fsp3) is 0.370. The van der Waals surface area contributed by atoms with Gasteiger partial charge in [0.05, 0.1) is 30.6 Å². The number of carbonyl (C=O) groups excluding carboxylic acids is 1. The van der Waals surface area contributed by atoms with Crippen LogP contribution >= 0.6 is 12.2 Å². The number of aryl methyl sites for hydroxylation is 1. The van der Waals surface area contributed by atoms with Gasteiger partial charge >= 0.3 is 0 Å². The first-order valence-electron chi connectivity index (χ1n) is 11.9. The number of methoxy groups -OCH3 is 1. The van der Waals surface area contributed by atoms with E-state index in [4.69, 9.17) is 17.0 Å². The molecule has 0 spiro atoms. The summed E-state index contributed by atoms with van der Waals surface area (Å²) >= 11 is 5.78. The molecular weight excluding hydrogens is 458 g/mol. The third-order valence-electron chi connectivity index (χ3n) is 6.52. The van der Waals surface area contributed by atoms with Gasteiger partial charge in [0, 0.05) is 36.6 Å². The van der Waals surface area contributed by atoms with E-state index in [0.29, 0.717) is 29.1 Å². The highest BCUT2D eigenvalue weighted by molar-refractivity contribution is 7.80. The molecule has 3 heterocycles. The number of hydrogen-bond donors (Lipinski definition) is 2. The SMILES string of the molecule is COc1ccccc1NC(=O)CCN1C(=S)N[C@@H](c2ccccn2)[C@H]1c1cc(C)n(C(C)C)c1C. The summed E-state index contributed by atoms with van der Waals surface area (Å²) in [7, 11) is 1.59. The van der Waals surface area contributed by atoms with E-state index in [1.807, 2.05) is 42.5 Å². The number of hydrogen-bond acceptors (Lipinski definition) is 4. The number of rotatable bonds is 8. The first kappa shape index (κ1) is 24.7. The molecule has 1 aromatic carbocycles. The number of benzene rings is 1. The van der Waals surface area contributed by atoms with Gasteiger partial charge in [-0.25, -0.2) is 0 Å². The average molecular weight is 492 g/mol. The van der Waals surface area contributed by atoms with Crippen LogP contribution in [0.25, 0.3) is 0 Å². The highest BCUT2D eigenvalue weighted by atomic mass is 32.1. The van der Waals surface area contributed by atoms with Crippen LogP contribution in [0.15, 0.2) is 54.7 Å². The topological polar surface area (TPSA) is 71.4 Å². The molecule has 35 heavy (non-hydrogen) atoms. The number of nitrogens with zero attached hydrogens (tertiary/aromatic N) is 3. The van der Waals surface area contributed by atoms with Crippen molar-refractivity contribution in [2.45, 2.75) is 52.2 Å². The molecule has 0 bridgehead atoms. The lowest BCUT2D eigenvalue weighted by molar-refractivity contribution is -0.116. The molecule has 1 aliphatic heterocycles. The zero-order valence-corrected chi connectivity index (χ0v) is 21.7. The van der Waals surface area contributed by atoms with Crippen LogP contribution in [0.2, 0.25) is 0 Å². The third-order valence-corrected chi connectivity index (χ3v) is 6.87. The molecule has 0 saturated carbocycles. The van der Waals surface area contributed by atoms with Gasteiger partial charge in [0.1, 0.15) is 5.75 Å². The zero-order chi connectivity index (χ0) is 25.1. The quantitative estimate of drug-likeness (QED) is 0.428. The molecule has 8 heteroatoms. The lowest BCUT2D eigenvalue weighted by Gasteiger charge is -2.28. The Kier molecular flexibility index (Phi) is 7.40. The zero-order valence-electron chi connectivity index (χ0n) is 20.9. The van der Waals surface area contributed by atoms with E-state index < -0.39 is 0 Å². The normalized spacial score (nSPS) is 17.5. The fourth-order valence-electron chi connectivity index (χ4n) is 5.06. The third kappa shape index (κ3) is 5.03. The minimum absolute atomic E-state index is 0.0739. The van der Waals surface area contributed by atoms with Crippen molar-refractivity contribution in [1.29, 1.82) is 0 Å². The van der Waals surface area contributed by atoms with Crippen molar-refractivity contribution in [3.8, 4) is 5.75 Å². The maximum Gasteiger partial charge on any atom is 0.226 e. The second-order valence-corrected chi connectivity index (χ2v) is 9.50. The minimum atomic E-state index is -0.109. The van der Waals surface area contributed by atoms with Crippen molar-refractivity contribution in [1.82, 2.24) is 19.8 Å².